The summed E-state index contributed by atoms with van der Waals surface area (Å²) in [6.07, 6.45) is 4.18. The van der Waals surface area contributed by atoms with Crippen molar-refractivity contribution in [3.63, 3.8) is 0 Å². The summed E-state index contributed by atoms with van der Waals surface area (Å²) < 4.78 is 0. The number of rotatable bonds is 5. The van der Waals surface area contributed by atoms with Gasteiger partial charge >= 0.3 is 0 Å². The highest BCUT2D eigenvalue weighted by Crippen LogP contribution is 2.08. The molecule has 1 heterocycles. The Balaban J connectivity index is 1.89. The maximum Gasteiger partial charge on any atom is 0.144 e. The van der Waals surface area contributed by atoms with Crippen molar-refractivity contribution in [3.05, 3.63) is 53.5 Å². The lowest BCUT2D eigenvalue weighted by Gasteiger charge is -2.07. The molecular weight excluding hydrogens is 256 g/mol. The van der Waals surface area contributed by atoms with Crippen LogP contribution in [-0.4, -0.2) is 21.5 Å². The van der Waals surface area contributed by atoms with Crippen LogP contribution in [0, 0.1) is 6.92 Å². The minimum atomic E-state index is 0.263. The molecule has 2 aromatic rings. The Bertz CT molecular complexity index is 566. The van der Waals surface area contributed by atoms with E-state index in [0.717, 1.165) is 18.8 Å². The Morgan fingerprint density at radius 3 is 2.68 bits per heavy atom. The van der Waals surface area contributed by atoms with Gasteiger partial charge in [-0.2, -0.15) is 0 Å². The first-order valence-electron chi connectivity index (χ1n) is 6.07. The van der Waals surface area contributed by atoms with Crippen molar-refractivity contribution in [1.29, 1.82) is 0 Å². The van der Waals surface area contributed by atoms with Crippen molar-refractivity contribution < 1.29 is 0 Å². The van der Waals surface area contributed by atoms with E-state index in [0.29, 0.717) is 5.69 Å². The highest BCUT2D eigenvalue weighted by molar-refractivity contribution is 7.80. The molecule has 0 atom stereocenters. The first kappa shape index (κ1) is 13.4. The maximum absolute atomic E-state index is 5.47. The van der Waals surface area contributed by atoms with Crippen molar-refractivity contribution in [3.8, 4) is 0 Å². The lowest BCUT2D eigenvalue weighted by Crippen LogP contribution is -2.13. The standard InChI is InChI=1S/C14H16N4S/c1-10-4-2-3-5-11(10)6-7-16-13-9-17-12(8-18-13)14(15)19/h2-5,8-9H,6-7H2,1H3,(H2,15,19)(H,16,18). The van der Waals surface area contributed by atoms with Crippen molar-refractivity contribution >= 4 is 23.0 Å². The topological polar surface area (TPSA) is 63.8 Å². The van der Waals surface area contributed by atoms with Crippen LogP contribution in [0.5, 0.6) is 0 Å². The van der Waals surface area contributed by atoms with Gasteiger partial charge in [0, 0.05) is 6.54 Å². The van der Waals surface area contributed by atoms with Gasteiger partial charge in [0.1, 0.15) is 16.5 Å². The number of hydrogen-bond acceptors (Lipinski definition) is 4. The zero-order valence-corrected chi connectivity index (χ0v) is 11.6. The zero-order chi connectivity index (χ0) is 13.7. The van der Waals surface area contributed by atoms with Gasteiger partial charge < -0.3 is 11.1 Å². The third-order valence-corrected chi connectivity index (χ3v) is 3.08. The monoisotopic (exact) mass is 272 g/mol. The summed E-state index contributed by atoms with van der Waals surface area (Å²) in [5, 5.41) is 3.23. The molecule has 0 spiro atoms. The Kier molecular flexibility index (Phi) is 4.41. The number of anilines is 1. The Morgan fingerprint density at radius 2 is 2.05 bits per heavy atom. The predicted molar refractivity (Wildman–Crippen MR) is 81.3 cm³/mol. The quantitative estimate of drug-likeness (QED) is 0.816. The molecular formula is C14H16N4S. The van der Waals surface area contributed by atoms with E-state index in [1.807, 2.05) is 6.07 Å². The number of aromatic nitrogens is 2. The van der Waals surface area contributed by atoms with E-state index in [9.17, 15) is 0 Å². The second kappa shape index (κ2) is 6.24. The summed E-state index contributed by atoms with van der Waals surface area (Å²) in [6.45, 7) is 2.93. The fourth-order valence-corrected chi connectivity index (χ4v) is 1.87. The van der Waals surface area contributed by atoms with E-state index in [1.165, 1.54) is 11.1 Å². The molecule has 0 aliphatic rings. The third kappa shape index (κ3) is 3.72. The smallest absolute Gasteiger partial charge is 0.144 e. The van der Waals surface area contributed by atoms with E-state index in [2.05, 4.69) is 40.4 Å². The van der Waals surface area contributed by atoms with Crippen LogP contribution in [0.15, 0.2) is 36.7 Å². The van der Waals surface area contributed by atoms with Gasteiger partial charge in [-0.3, -0.25) is 0 Å². The van der Waals surface area contributed by atoms with Crippen molar-refractivity contribution in [1.82, 2.24) is 9.97 Å². The largest absolute Gasteiger partial charge is 0.388 e. The van der Waals surface area contributed by atoms with Crippen LogP contribution < -0.4 is 11.1 Å². The van der Waals surface area contributed by atoms with Crippen LogP contribution >= 0.6 is 12.2 Å². The van der Waals surface area contributed by atoms with E-state index in [1.54, 1.807) is 12.4 Å². The van der Waals surface area contributed by atoms with E-state index in [4.69, 9.17) is 18.0 Å². The minimum Gasteiger partial charge on any atom is -0.388 e. The SMILES string of the molecule is Cc1ccccc1CCNc1cnc(C(N)=S)cn1. The molecule has 0 saturated carbocycles. The van der Waals surface area contributed by atoms with Crippen LogP contribution in [0.3, 0.4) is 0 Å². The highest BCUT2D eigenvalue weighted by Gasteiger charge is 2.00. The van der Waals surface area contributed by atoms with Crippen molar-refractivity contribution in [2.45, 2.75) is 13.3 Å². The number of benzene rings is 1. The molecule has 19 heavy (non-hydrogen) atoms. The van der Waals surface area contributed by atoms with Gasteiger partial charge in [-0.25, -0.2) is 9.97 Å². The summed E-state index contributed by atoms with van der Waals surface area (Å²) in [4.78, 5) is 8.61. The third-order valence-electron chi connectivity index (χ3n) is 2.87. The molecule has 0 unspecified atom stereocenters. The summed E-state index contributed by atoms with van der Waals surface area (Å²) in [7, 11) is 0. The Hall–Kier alpha value is -2.01. The molecule has 0 radical (unpaired) electrons. The lowest BCUT2D eigenvalue weighted by molar-refractivity contribution is 0.987. The summed E-state index contributed by atoms with van der Waals surface area (Å²) in [5.74, 6) is 0.730. The fourth-order valence-electron chi connectivity index (χ4n) is 1.76. The summed E-state index contributed by atoms with van der Waals surface area (Å²) in [6, 6.07) is 8.36. The second-order valence-corrected chi connectivity index (χ2v) is 4.69. The number of nitrogens with one attached hydrogen (secondary N) is 1. The molecule has 1 aromatic carbocycles. The number of aryl methyl sites for hydroxylation is 1. The average Bonchev–Trinajstić information content (AvgIpc) is 2.41. The molecule has 0 bridgehead atoms. The molecule has 4 nitrogen and oxygen atoms in total. The van der Waals surface area contributed by atoms with Gasteiger partial charge in [0.05, 0.1) is 12.4 Å². The van der Waals surface area contributed by atoms with Gasteiger partial charge in [-0.05, 0) is 24.5 Å². The number of thiocarbonyl (C=S) groups is 1. The predicted octanol–water partition coefficient (Wildman–Crippen LogP) is 2.07. The average molecular weight is 272 g/mol. The van der Waals surface area contributed by atoms with Gasteiger partial charge in [0.2, 0.25) is 0 Å². The van der Waals surface area contributed by atoms with Crippen LogP contribution in [0.2, 0.25) is 0 Å². The van der Waals surface area contributed by atoms with E-state index < -0.39 is 0 Å². The van der Waals surface area contributed by atoms with E-state index >= 15 is 0 Å². The molecule has 0 aliphatic heterocycles. The highest BCUT2D eigenvalue weighted by atomic mass is 32.1. The first-order valence-corrected chi connectivity index (χ1v) is 6.48. The molecule has 1 aromatic heterocycles. The van der Waals surface area contributed by atoms with Gasteiger partial charge in [0.15, 0.2) is 0 Å². The van der Waals surface area contributed by atoms with Crippen LogP contribution in [0.1, 0.15) is 16.8 Å². The first-order chi connectivity index (χ1) is 9.16. The maximum atomic E-state index is 5.47. The van der Waals surface area contributed by atoms with Crippen molar-refractivity contribution in [2.24, 2.45) is 5.73 Å². The summed E-state index contributed by atoms with van der Waals surface area (Å²) >= 11 is 4.83. The minimum absolute atomic E-state index is 0.263. The molecule has 0 aliphatic carbocycles. The van der Waals surface area contributed by atoms with Gasteiger partial charge in [-0.1, -0.05) is 36.5 Å². The van der Waals surface area contributed by atoms with Crippen LogP contribution in [-0.2, 0) is 6.42 Å². The molecule has 0 fully saturated rings. The molecule has 5 heteroatoms. The normalized spacial score (nSPS) is 10.2. The van der Waals surface area contributed by atoms with Crippen LogP contribution in [0.4, 0.5) is 5.82 Å². The zero-order valence-electron chi connectivity index (χ0n) is 10.8. The second-order valence-electron chi connectivity index (χ2n) is 4.25. The van der Waals surface area contributed by atoms with Gasteiger partial charge in [-0.15, -0.1) is 0 Å². The Morgan fingerprint density at radius 1 is 1.26 bits per heavy atom. The number of nitrogens with zero attached hydrogens (tertiary/aromatic N) is 2. The number of nitrogens with two attached hydrogens (primary N) is 1. The van der Waals surface area contributed by atoms with Crippen LogP contribution in [0.25, 0.3) is 0 Å². The molecule has 3 N–H and O–H groups in total. The fraction of sp³-hybridized carbons (Fsp3) is 0.214. The number of hydrogen-bond donors (Lipinski definition) is 2. The Labute approximate surface area is 118 Å². The summed E-state index contributed by atoms with van der Waals surface area (Å²) in [5.41, 5.74) is 8.65. The lowest BCUT2D eigenvalue weighted by atomic mass is 10.1. The molecule has 0 saturated heterocycles. The van der Waals surface area contributed by atoms with E-state index in [-0.39, 0.29) is 4.99 Å². The molecule has 0 amide bonds. The molecule has 98 valence electrons. The van der Waals surface area contributed by atoms with Crippen molar-refractivity contribution in [2.75, 3.05) is 11.9 Å². The molecule has 2 rings (SSSR count). The van der Waals surface area contributed by atoms with Gasteiger partial charge in [0.25, 0.3) is 0 Å².